The molecule has 1 aromatic rings. The van der Waals surface area contributed by atoms with E-state index in [0.29, 0.717) is 13.2 Å². The Morgan fingerprint density at radius 3 is 2.78 bits per heavy atom. The van der Waals surface area contributed by atoms with Gasteiger partial charge in [0.15, 0.2) is 11.5 Å². The van der Waals surface area contributed by atoms with Gasteiger partial charge in [-0.05, 0) is 47.5 Å². The van der Waals surface area contributed by atoms with Crippen LogP contribution >= 0.6 is 15.9 Å². The van der Waals surface area contributed by atoms with E-state index in [2.05, 4.69) is 27.2 Å². The first kappa shape index (κ1) is 14.9. The highest BCUT2D eigenvalue weighted by atomic mass is 79.9. The summed E-state index contributed by atoms with van der Waals surface area (Å²) in [5, 5.41) is 3.23. The van der Waals surface area contributed by atoms with Crippen LogP contribution in [0.5, 0.6) is 11.5 Å². The van der Waals surface area contributed by atoms with E-state index in [1.807, 2.05) is 26.0 Å². The Morgan fingerprint density at radius 2 is 2.22 bits per heavy atom. The Balaban J connectivity index is 2.89. The van der Waals surface area contributed by atoms with Crippen LogP contribution in [0, 0.1) is 12.3 Å². The molecular formula is C14H18BrNO2. The lowest BCUT2D eigenvalue weighted by Crippen LogP contribution is -2.23. The van der Waals surface area contributed by atoms with Crippen LogP contribution < -0.4 is 14.8 Å². The van der Waals surface area contributed by atoms with Crippen LogP contribution in [0.4, 0.5) is 0 Å². The Kier molecular flexibility index (Phi) is 6.03. The van der Waals surface area contributed by atoms with Gasteiger partial charge in [0.2, 0.25) is 0 Å². The van der Waals surface area contributed by atoms with Gasteiger partial charge in [-0.1, -0.05) is 5.92 Å². The van der Waals surface area contributed by atoms with Gasteiger partial charge in [0.05, 0.1) is 24.2 Å². The molecule has 1 N–H and O–H groups in total. The highest BCUT2D eigenvalue weighted by Gasteiger charge is 2.11. The van der Waals surface area contributed by atoms with Gasteiger partial charge in [0, 0.05) is 6.54 Å². The first-order chi connectivity index (χ1) is 8.62. The van der Waals surface area contributed by atoms with Crippen LogP contribution in [0.1, 0.15) is 19.4 Å². The number of benzene rings is 1. The summed E-state index contributed by atoms with van der Waals surface area (Å²) in [7, 11) is 1.63. The molecule has 98 valence electrons. The third-order valence-electron chi connectivity index (χ3n) is 2.44. The fraction of sp³-hybridized carbons (Fsp3) is 0.429. The first-order valence-corrected chi connectivity index (χ1v) is 6.60. The molecule has 1 unspecified atom stereocenters. The predicted molar refractivity (Wildman–Crippen MR) is 77.0 cm³/mol. The zero-order chi connectivity index (χ0) is 13.5. The maximum atomic E-state index is 5.54. The maximum Gasteiger partial charge on any atom is 0.175 e. The summed E-state index contributed by atoms with van der Waals surface area (Å²) in [6.45, 7) is 5.17. The SMILES string of the molecule is C#CC(C)NCc1cc(Br)c(OCC)c(OC)c1. The quantitative estimate of drug-likeness (QED) is 0.819. The van der Waals surface area contributed by atoms with E-state index in [4.69, 9.17) is 15.9 Å². The number of nitrogens with one attached hydrogen (secondary N) is 1. The van der Waals surface area contributed by atoms with E-state index >= 15 is 0 Å². The molecular weight excluding hydrogens is 294 g/mol. The van der Waals surface area contributed by atoms with Gasteiger partial charge in [-0.3, -0.25) is 5.32 Å². The molecule has 0 aromatic heterocycles. The van der Waals surface area contributed by atoms with Crippen molar-refractivity contribution in [2.45, 2.75) is 26.4 Å². The van der Waals surface area contributed by atoms with Crippen molar-refractivity contribution < 1.29 is 9.47 Å². The number of terminal acetylenes is 1. The van der Waals surface area contributed by atoms with Gasteiger partial charge < -0.3 is 9.47 Å². The molecule has 0 aliphatic rings. The molecule has 0 aliphatic heterocycles. The van der Waals surface area contributed by atoms with E-state index in [9.17, 15) is 0 Å². The molecule has 0 heterocycles. The Hall–Kier alpha value is -1.18. The molecule has 4 heteroatoms. The van der Waals surface area contributed by atoms with Crippen molar-refractivity contribution in [3.05, 3.63) is 22.2 Å². The van der Waals surface area contributed by atoms with E-state index in [-0.39, 0.29) is 6.04 Å². The molecule has 1 aromatic carbocycles. The summed E-state index contributed by atoms with van der Waals surface area (Å²) in [5.41, 5.74) is 1.09. The minimum Gasteiger partial charge on any atom is -0.493 e. The minimum atomic E-state index is 0.0429. The number of halogens is 1. The number of rotatable bonds is 6. The molecule has 0 spiro atoms. The lowest BCUT2D eigenvalue weighted by Gasteiger charge is -2.14. The summed E-state index contributed by atoms with van der Waals surface area (Å²) in [6, 6.07) is 4.00. The molecule has 0 bridgehead atoms. The van der Waals surface area contributed by atoms with Crippen molar-refractivity contribution in [2.75, 3.05) is 13.7 Å². The standard InChI is InChI=1S/C14H18BrNO2/c1-5-10(3)16-9-11-7-12(15)14(18-6-2)13(8-11)17-4/h1,7-8,10,16H,6,9H2,2-4H3. The van der Waals surface area contributed by atoms with Gasteiger partial charge in [0.1, 0.15) is 0 Å². The molecule has 0 aliphatic carbocycles. The second-order valence-electron chi connectivity index (χ2n) is 3.81. The highest BCUT2D eigenvalue weighted by molar-refractivity contribution is 9.10. The summed E-state index contributed by atoms with van der Waals surface area (Å²) >= 11 is 3.49. The second-order valence-corrected chi connectivity index (χ2v) is 4.67. The molecule has 0 saturated heterocycles. The average Bonchev–Trinajstić information content (AvgIpc) is 2.38. The van der Waals surface area contributed by atoms with Crippen molar-refractivity contribution in [1.29, 1.82) is 0 Å². The van der Waals surface area contributed by atoms with Gasteiger partial charge in [-0.2, -0.15) is 0 Å². The molecule has 0 radical (unpaired) electrons. The molecule has 0 amide bonds. The average molecular weight is 312 g/mol. The number of hydrogen-bond donors (Lipinski definition) is 1. The third-order valence-corrected chi connectivity index (χ3v) is 3.03. The monoisotopic (exact) mass is 311 g/mol. The fourth-order valence-corrected chi connectivity index (χ4v) is 2.09. The van der Waals surface area contributed by atoms with Gasteiger partial charge in [0.25, 0.3) is 0 Å². The summed E-state index contributed by atoms with van der Waals surface area (Å²) < 4.78 is 11.7. The predicted octanol–water partition coefficient (Wildman–Crippen LogP) is 2.97. The molecule has 1 rings (SSSR count). The normalized spacial score (nSPS) is 11.7. The molecule has 1 atom stereocenters. The largest absolute Gasteiger partial charge is 0.493 e. The van der Waals surface area contributed by atoms with Crippen molar-refractivity contribution in [2.24, 2.45) is 0 Å². The summed E-state index contributed by atoms with van der Waals surface area (Å²) in [5.74, 6) is 4.08. The second kappa shape index (κ2) is 7.30. The minimum absolute atomic E-state index is 0.0429. The Morgan fingerprint density at radius 1 is 1.50 bits per heavy atom. The van der Waals surface area contributed by atoms with E-state index < -0.39 is 0 Å². The number of ether oxygens (including phenoxy) is 2. The summed E-state index contributed by atoms with van der Waals surface area (Å²) in [6.07, 6.45) is 5.32. The molecule has 0 fully saturated rings. The van der Waals surface area contributed by atoms with Crippen molar-refractivity contribution >= 4 is 15.9 Å². The van der Waals surface area contributed by atoms with Gasteiger partial charge in [-0.25, -0.2) is 0 Å². The van der Waals surface area contributed by atoms with Crippen molar-refractivity contribution in [1.82, 2.24) is 5.32 Å². The van der Waals surface area contributed by atoms with Crippen LogP contribution in [-0.4, -0.2) is 19.8 Å². The zero-order valence-electron chi connectivity index (χ0n) is 10.9. The van der Waals surface area contributed by atoms with Crippen molar-refractivity contribution in [3.63, 3.8) is 0 Å². The third kappa shape index (κ3) is 3.94. The lowest BCUT2D eigenvalue weighted by molar-refractivity contribution is 0.308. The number of methoxy groups -OCH3 is 1. The van der Waals surface area contributed by atoms with E-state index in [1.54, 1.807) is 7.11 Å². The molecule has 3 nitrogen and oxygen atoms in total. The highest BCUT2D eigenvalue weighted by Crippen LogP contribution is 2.36. The first-order valence-electron chi connectivity index (χ1n) is 5.81. The van der Waals surface area contributed by atoms with Crippen LogP contribution in [0.2, 0.25) is 0 Å². The van der Waals surface area contributed by atoms with Gasteiger partial charge >= 0.3 is 0 Å². The van der Waals surface area contributed by atoms with Crippen molar-refractivity contribution in [3.8, 4) is 23.8 Å². The lowest BCUT2D eigenvalue weighted by atomic mass is 10.2. The molecule has 18 heavy (non-hydrogen) atoms. The Labute approximate surface area is 117 Å². The smallest absolute Gasteiger partial charge is 0.175 e. The molecule has 0 saturated carbocycles. The summed E-state index contributed by atoms with van der Waals surface area (Å²) in [4.78, 5) is 0. The van der Waals surface area contributed by atoms with Gasteiger partial charge in [-0.15, -0.1) is 6.42 Å². The van der Waals surface area contributed by atoms with E-state index in [0.717, 1.165) is 21.5 Å². The fourth-order valence-electron chi connectivity index (χ4n) is 1.49. The number of hydrogen-bond acceptors (Lipinski definition) is 3. The topological polar surface area (TPSA) is 30.5 Å². The maximum absolute atomic E-state index is 5.54. The van der Waals surface area contributed by atoms with E-state index in [1.165, 1.54) is 0 Å². The zero-order valence-corrected chi connectivity index (χ0v) is 12.5. The van der Waals surface area contributed by atoms with Crippen LogP contribution in [0.25, 0.3) is 0 Å². The van der Waals surface area contributed by atoms with Crippen LogP contribution in [0.15, 0.2) is 16.6 Å². The van der Waals surface area contributed by atoms with Crippen LogP contribution in [0.3, 0.4) is 0 Å². The Bertz CT molecular complexity index is 440. The van der Waals surface area contributed by atoms with Crippen LogP contribution in [-0.2, 0) is 6.54 Å².